The van der Waals surface area contributed by atoms with E-state index in [0.717, 1.165) is 19.3 Å². The Bertz CT molecular complexity index is 1020. The monoisotopic (exact) mass is 457 g/mol. The van der Waals surface area contributed by atoms with E-state index in [-0.39, 0.29) is 21.9 Å². The van der Waals surface area contributed by atoms with Gasteiger partial charge in [-0.2, -0.15) is 0 Å². The maximum Gasteiger partial charge on any atom is 0.295 e. The van der Waals surface area contributed by atoms with Crippen LogP contribution in [-0.4, -0.2) is 42.0 Å². The average molecular weight is 458 g/mol. The Balaban J connectivity index is 2.13. The molecule has 0 spiro atoms. The zero-order chi connectivity index (χ0) is 23.3. The van der Waals surface area contributed by atoms with Crippen LogP contribution >= 0.6 is 11.6 Å². The fraction of sp³-hybridized carbons (Fsp3) is 0.360. The Morgan fingerprint density at radius 3 is 2.38 bits per heavy atom. The number of aliphatic hydroxyl groups excluding tert-OH is 1. The van der Waals surface area contributed by atoms with Gasteiger partial charge in [-0.15, -0.1) is 0 Å². The largest absolute Gasteiger partial charge is 0.507 e. The van der Waals surface area contributed by atoms with E-state index in [1.165, 1.54) is 12.0 Å². The second kappa shape index (κ2) is 10.6. The summed E-state index contributed by atoms with van der Waals surface area (Å²) in [5.74, 6) is -0.498. The number of aliphatic hydroxyl groups is 1. The van der Waals surface area contributed by atoms with Crippen molar-refractivity contribution in [3.63, 3.8) is 0 Å². The van der Waals surface area contributed by atoms with E-state index in [0.29, 0.717) is 30.2 Å². The minimum Gasteiger partial charge on any atom is -0.507 e. The minimum atomic E-state index is -0.725. The summed E-state index contributed by atoms with van der Waals surface area (Å²) in [6, 6.07) is 11.3. The number of likely N-dealkylation sites (tertiary alicyclic amines) is 1. The third-order valence-corrected chi connectivity index (χ3v) is 5.81. The van der Waals surface area contributed by atoms with Crippen LogP contribution in [0.15, 0.2) is 48.0 Å². The van der Waals surface area contributed by atoms with Crippen molar-refractivity contribution in [2.24, 2.45) is 0 Å². The number of unbranched alkanes of at least 4 members (excludes halogenated alkanes) is 2. The van der Waals surface area contributed by atoms with E-state index < -0.39 is 17.7 Å². The lowest BCUT2D eigenvalue weighted by atomic mass is 9.95. The Morgan fingerprint density at radius 1 is 1.06 bits per heavy atom. The van der Waals surface area contributed by atoms with Crippen LogP contribution in [0.4, 0.5) is 0 Å². The summed E-state index contributed by atoms with van der Waals surface area (Å²) in [5, 5.41) is 11.4. The predicted octanol–water partition coefficient (Wildman–Crippen LogP) is 5.36. The number of nitrogens with zero attached hydrogens (tertiary/aromatic N) is 1. The molecule has 6 nitrogen and oxygen atoms in total. The third kappa shape index (κ3) is 4.75. The molecular formula is C25H28ClNO5. The van der Waals surface area contributed by atoms with Crippen molar-refractivity contribution >= 4 is 29.1 Å². The summed E-state index contributed by atoms with van der Waals surface area (Å²) in [6.07, 6.45) is 2.68. The number of carbonyl (C=O) groups is 2. The molecule has 0 aliphatic carbocycles. The lowest BCUT2D eigenvalue weighted by Crippen LogP contribution is -2.30. The van der Waals surface area contributed by atoms with E-state index in [1.807, 2.05) is 19.1 Å². The number of carbonyl (C=O) groups excluding carboxylic acids is 2. The van der Waals surface area contributed by atoms with Crippen LogP contribution < -0.4 is 9.47 Å². The summed E-state index contributed by atoms with van der Waals surface area (Å²) < 4.78 is 10.8. The van der Waals surface area contributed by atoms with Crippen molar-refractivity contribution in [2.75, 3.05) is 20.3 Å². The number of amides is 1. The lowest BCUT2D eigenvalue weighted by Gasteiger charge is -2.25. The zero-order valence-corrected chi connectivity index (χ0v) is 19.3. The molecule has 7 heteroatoms. The first-order chi connectivity index (χ1) is 15.4. The zero-order valence-electron chi connectivity index (χ0n) is 18.6. The number of benzene rings is 2. The Hall–Kier alpha value is -2.99. The fourth-order valence-electron chi connectivity index (χ4n) is 3.86. The van der Waals surface area contributed by atoms with E-state index >= 15 is 0 Å². The molecule has 3 rings (SSSR count). The molecule has 1 N–H and O–H groups in total. The molecule has 2 aromatic rings. The highest BCUT2D eigenvalue weighted by Crippen LogP contribution is 2.41. The van der Waals surface area contributed by atoms with Gasteiger partial charge in [0, 0.05) is 12.1 Å². The molecule has 1 heterocycles. The van der Waals surface area contributed by atoms with Gasteiger partial charge >= 0.3 is 0 Å². The normalized spacial score (nSPS) is 17.6. The standard InChI is InChI=1S/C25H28ClNO5/c1-4-6-7-14-27-22(16-8-10-17(11-9-16)32-5-2)21(24(29)25(27)30)23(28)19-15-18(31-3)12-13-20(19)26/h8-13,15,22,28H,4-7,14H2,1-3H3/b23-21+. The van der Waals surface area contributed by atoms with Gasteiger partial charge in [-0.3, -0.25) is 9.59 Å². The van der Waals surface area contributed by atoms with Gasteiger partial charge in [-0.1, -0.05) is 43.5 Å². The maximum absolute atomic E-state index is 13.1. The van der Waals surface area contributed by atoms with Gasteiger partial charge in [0.2, 0.25) is 0 Å². The number of Topliss-reactive ketones (excluding diaryl/α,β-unsaturated/α-hetero) is 1. The number of hydrogen-bond donors (Lipinski definition) is 1. The van der Waals surface area contributed by atoms with Gasteiger partial charge in [0.05, 0.1) is 30.4 Å². The van der Waals surface area contributed by atoms with E-state index in [9.17, 15) is 14.7 Å². The summed E-state index contributed by atoms with van der Waals surface area (Å²) in [7, 11) is 1.50. The highest BCUT2D eigenvalue weighted by atomic mass is 35.5. The molecule has 0 radical (unpaired) electrons. The number of ketones is 1. The van der Waals surface area contributed by atoms with Gasteiger partial charge in [-0.05, 0) is 49.2 Å². The number of methoxy groups -OCH3 is 1. The SMILES string of the molecule is CCCCCN1C(=O)C(=O)/C(=C(/O)c2cc(OC)ccc2Cl)C1c1ccc(OCC)cc1. The lowest BCUT2D eigenvalue weighted by molar-refractivity contribution is -0.139. The predicted molar refractivity (Wildman–Crippen MR) is 124 cm³/mol. The molecule has 1 aliphatic heterocycles. The van der Waals surface area contributed by atoms with Crippen LogP contribution in [0, 0.1) is 0 Å². The average Bonchev–Trinajstić information content (AvgIpc) is 3.05. The molecule has 0 saturated carbocycles. The van der Waals surface area contributed by atoms with Crippen molar-refractivity contribution in [3.05, 3.63) is 64.2 Å². The first-order valence-corrected chi connectivity index (χ1v) is 11.2. The number of rotatable bonds is 9. The maximum atomic E-state index is 13.1. The second-order valence-corrected chi connectivity index (χ2v) is 7.95. The quantitative estimate of drug-likeness (QED) is 0.237. The topological polar surface area (TPSA) is 76.1 Å². The summed E-state index contributed by atoms with van der Waals surface area (Å²) in [4.78, 5) is 27.6. The highest BCUT2D eigenvalue weighted by Gasteiger charge is 2.46. The van der Waals surface area contributed by atoms with Crippen molar-refractivity contribution < 1.29 is 24.2 Å². The van der Waals surface area contributed by atoms with Crippen LogP contribution in [0.5, 0.6) is 11.5 Å². The van der Waals surface area contributed by atoms with Gasteiger partial charge in [0.25, 0.3) is 11.7 Å². The highest BCUT2D eigenvalue weighted by molar-refractivity contribution is 6.47. The van der Waals surface area contributed by atoms with Crippen LogP contribution in [0.3, 0.4) is 0 Å². The molecule has 1 saturated heterocycles. The molecule has 2 aromatic carbocycles. The molecular weight excluding hydrogens is 430 g/mol. The van der Waals surface area contributed by atoms with Gasteiger partial charge < -0.3 is 19.5 Å². The van der Waals surface area contributed by atoms with Crippen molar-refractivity contribution in [1.29, 1.82) is 0 Å². The van der Waals surface area contributed by atoms with Crippen LogP contribution in [0.1, 0.15) is 50.3 Å². The van der Waals surface area contributed by atoms with Crippen LogP contribution in [0.25, 0.3) is 5.76 Å². The number of ether oxygens (including phenoxy) is 2. The van der Waals surface area contributed by atoms with Crippen molar-refractivity contribution in [3.8, 4) is 11.5 Å². The summed E-state index contributed by atoms with van der Waals surface area (Å²) in [5.41, 5.74) is 0.976. The smallest absolute Gasteiger partial charge is 0.295 e. The van der Waals surface area contributed by atoms with Gasteiger partial charge in [-0.25, -0.2) is 0 Å². The molecule has 1 fully saturated rings. The molecule has 1 unspecified atom stereocenters. The molecule has 0 bridgehead atoms. The van der Waals surface area contributed by atoms with E-state index in [2.05, 4.69) is 6.92 Å². The molecule has 32 heavy (non-hydrogen) atoms. The van der Waals surface area contributed by atoms with Crippen molar-refractivity contribution in [1.82, 2.24) is 4.90 Å². The molecule has 0 aromatic heterocycles. The molecule has 1 atom stereocenters. The number of halogens is 1. The van der Waals surface area contributed by atoms with Crippen molar-refractivity contribution in [2.45, 2.75) is 39.2 Å². The summed E-state index contributed by atoms with van der Waals surface area (Å²) >= 11 is 6.32. The first kappa shape index (κ1) is 23.7. The number of hydrogen-bond acceptors (Lipinski definition) is 5. The Labute approximate surface area is 193 Å². The third-order valence-electron chi connectivity index (χ3n) is 5.48. The minimum absolute atomic E-state index is 0.0193. The van der Waals surface area contributed by atoms with E-state index in [1.54, 1.807) is 30.3 Å². The molecule has 1 aliphatic rings. The molecule has 1 amide bonds. The fourth-order valence-corrected chi connectivity index (χ4v) is 4.07. The first-order valence-electron chi connectivity index (χ1n) is 10.8. The molecule has 170 valence electrons. The van der Waals surface area contributed by atoms with Gasteiger partial charge in [0.1, 0.15) is 17.3 Å². The summed E-state index contributed by atoms with van der Waals surface area (Å²) in [6.45, 7) is 4.92. The van der Waals surface area contributed by atoms with Gasteiger partial charge in [0.15, 0.2) is 0 Å². The van der Waals surface area contributed by atoms with Crippen LogP contribution in [0.2, 0.25) is 5.02 Å². The Kier molecular flexibility index (Phi) is 7.80. The van der Waals surface area contributed by atoms with Crippen LogP contribution in [-0.2, 0) is 9.59 Å². The Morgan fingerprint density at radius 2 is 1.75 bits per heavy atom. The second-order valence-electron chi connectivity index (χ2n) is 7.55. The van der Waals surface area contributed by atoms with E-state index in [4.69, 9.17) is 21.1 Å².